The Kier molecular flexibility index (Phi) is 3.38. The highest BCUT2D eigenvalue weighted by Gasteiger charge is 2.16. The minimum absolute atomic E-state index is 0.0496. The van der Waals surface area contributed by atoms with Crippen molar-refractivity contribution in [2.24, 2.45) is 0 Å². The fourth-order valence-electron chi connectivity index (χ4n) is 1.86. The zero-order valence-electron chi connectivity index (χ0n) is 11.0. The van der Waals surface area contributed by atoms with Gasteiger partial charge in [0, 0.05) is 17.8 Å². The summed E-state index contributed by atoms with van der Waals surface area (Å²) in [6, 6.07) is 2.78. The van der Waals surface area contributed by atoms with Gasteiger partial charge in [0.25, 0.3) is 0 Å². The lowest BCUT2D eigenvalue weighted by molar-refractivity contribution is 0.0697. The molecule has 0 saturated heterocycles. The highest BCUT2D eigenvalue weighted by Crippen LogP contribution is 2.27. The Morgan fingerprint density at radius 3 is 2.63 bits per heavy atom. The molecular formula is C14H15FN2O2. The first-order valence-corrected chi connectivity index (χ1v) is 5.98. The number of carboxylic acid groups (broad SMARTS) is 1. The molecule has 0 bridgehead atoms. The van der Waals surface area contributed by atoms with Crippen LogP contribution < -0.4 is 0 Å². The topological polar surface area (TPSA) is 55.1 Å². The van der Waals surface area contributed by atoms with Crippen molar-refractivity contribution >= 4 is 5.97 Å². The number of rotatable bonds is 3. The van der Waals surface area contributed by atoms with E-state index in [1.54, 1.807) is 30.1 Å². The second-order valence-electron chi connectivity index (χ2n) is 4.75. The minimum Gasteiger partial charge on any atom is -0.478 e. The molecule has 4 nitrogen and oxygen atoms in total. The number of carboxylic acids is 1. The molecule has 100 valence electrons. The number of aromatic nitrogens is 2. The third-order valence-electron chi connectivity index (χ3n) is 2.97. The SMILES string of the molecule is Cc1cc(-c2cnn(C(C)C)c2)c(C(=O)O)cc1F. The van der Waals surface area contributed by atoms with Crippen LogP contribution in [0.25, 0.3) is 11.1 Å². The molecule has 0 aliphatic rings. The summed E-state index contributed by atoms with van der Waals surface area (Å²) in [4.78, 5) is 11.2. The van der Waals surface area contributed by atoms with Crippen LogP contribution >= 0.6 is 0 Å². The van der Waals surface area contributed by atoms with Crippen LogP contribution in [0.4, 0.5) is 4.39 Å². The molecule has 0 aliphatic heterocycles. The number of hydrogen-bond acceptors (Lipinski definition) is 2. The van der Waals surface area contributed by atoms with Crippen molar-refractivity contribution in [1.82, 2.24) is 9.78 Å². The van der Waals surface area contributed by atoms with Gasteiger partial charge in [-0.15, -0.1) is 0 Å². The Morgan fingerprint density at radius 1 is 1.42 bits per heavy atom. The van der Waals surface area contributed by atoms with Crippen LogP contribution in [0.15, 0.2) is 24.5 Å². The molecule has 2 aromatic rings. The largest absolute Gasteiger partial charge is 0.478 e. The van der Waals surface area contributed by atoms with Gasteiger partial charge in [-0.2, -0.15) is 5.10 Å². The minimum atomic E-state index is -1.15. The molecule has 0 aliphatic carbocycles. The van der Waals surface area contributed by atoms with Gasteiger partial charge in [-0.3, -0.25) is 4.68 Å². The van der Waals surface area contributed by atoms with Gasteiger partial charge in [-0.05, 0) is 44.0 Å². The average Bonchev–Trinajstić information content (AvgIpc) is 2.81. The van der Waals surface area contributed by atoms with Gasteiger partial charge < -0.3 is 5.11 Å². The van der Waals surface area contributed by atoms with Crippen LogP contribution in [0.2, 0.25) is 0 Å². The maximum atomic E-state index is 13.5. The standard InChI is InChI=1S/C14H15FN2O2/c1-8(2)17-7-10(6-16-17)11-4-9(3)13(15)5-12(11)14(18)19/h4-8H,1-3H3,(H,18,19). The van der Waals surface area contributed by atoms with Crippen molar-refractivity contribution in [3.05, 3.63) is 41.5 Å². The van der Waals surface area contributed by atoms with E-state index in [-0.39, 0.29) is 11.6 Å². The van der Waals surface area contributed by atoms with Crippen LogP contribution in [0.3, 0.4) is 0 Å². The van der Waals surface area contributed by atoms with E-state index in [0.717, 1.165) is 6.07 Å². The van der Waals surface area contributed by atoms with Crippen LogP contribution in [0, 0.1) is 12.7 Å². The summed E-state index contributed by atoms with van der Waals surface area (Å²) in [5.74, 6) is -1.66. The summed E-state index contributed by atoms with van der Waals surface area (Å²) in [7, 11) is 0. The monoisotopic (exact) mass is 262 g/mol. The van der Waals surface area contributed by atoms with Gasteiger partial charge in [0.1, 0.15) is 5.82 Å². The predicted molar refractivity (Wildman–Crippen MR) is 69.7 cm³/mol. The van der Waals surface area contributed by atoms with Crippen molar-refractivity contribution in [1.29, 1.82) is 0 Å². The Labute approximate surface area is 110 Å². The van der Waals surface area contributed by atoms with Crippen LogP contribution in [0.1, 0.15) is 35.8 Å². The number of nitrogens with zero attached hydrogens (tertiary/aromatic N) is 2. The molecular weight excluding hydrogens is 247 g/mol. The number of aromatic carboxylic acids is 1. The first-order valence-electron chi connectivity index (χ1n) is 5.98. The lowest BCUT2D eigenvalue weighted by Crippen LogP contribution is -2.02. The summed E-state index contributed by atoms with van der Waals surface area (Å²) in [5.41, 5.74) is 1.52. The first-order chi connectivity index (χ1) is 8.90. The summed E-state index contributed by atoms with van der Waals surface area (Å²) < 4.78 is 15.2. The molecule has 0 unspecified atom stereocenters. The van der Waals surface area contributed by atoms with Gasteiger partial charge in [0.2, 0.25) is 0 Å². The smallest absolute Gasteiger partial charge is 0.336 e. The Morgan fingerprint density at radius 2 is 2.11 bits per heavy atom. The van der Waals surface area contributed by atoms with Crippen molar-refractivity contribution in [3.8, 4) is 11.1 Å². The van der Waals surface area contributed by atoms with Crippen molar-refractivity contribution < 1.29 is 14.3 Å². The van der Waals surface area contributed by atoms with E-state index < -0.39 is 11.8 Å². The molecule has 2 rings (SSSR count). The maximum absolute atomic E-state index is 13.5. The first kappa shape index (κ1) is 13.3. The van der Waals surface area contributed by atoms with Crippen molar-refractivity contribution in [2.75, 3.05) is 0 Å². The summed E-state index contributed by atoms with van der Waals surface area (Å²) in [5, 5.41) is 13.3. The molecule has 1 heterocycles. The third kappa shape index (κ3) is 2.50. The third-order valence-corrected chi connectivity index (χ3v) is 2.97. The van der Waals surface area contributed by atoms with Gasteiger partial charge in [0.15, 0.2) is 0 Å². The zero-order valence-corrected chi connectivity index (χ0v) is 11.0. The number of halogens is 1. The van der Waals surface area contributed by atoms with Crippen molar-refractivity contribution in [3.63, 3.8) is 0 Å². The summed E-state index contributed by atoms with van der Waals surface area (Å²) in [6.07, 6.45) is 3.36. The van der Waals surface area contributed by atoms with Crippen LogP contribution in [0.5, 0.6) is 0 Å². The fourth-order valence-corrected chi connectivity index (χ4v) is 1.86. The Bertz CT molecular complexity index is 632. The lowest BCUT2D eigenvalue weighted by atomic mass is 9.99. The van der Waals surface area contributed by atoms with Crippen LogP contribution in [-0.4, -0.2) is 20.9 Å². The summed E-state index contributed by atoms with van der Waals surface area (Å²) in [6.45, 7) is 5.56. The quantitative estimate of drug-likeness (QED) is 0.923. The highest BCUT2D eigenvalue weighted by molar-refractivity contribution is 5.96. The highest BCUT2D eigenvalue weighted by atomic mass is 19.1. The maximum Gasteiger partial charge on any atom is 0.336 e. The average molecular weight is 262 g/mol. The van der Waals surface area contributed by atoms with Gasteiger partial charge >= 0.3 is 5.97 Å². The molecule has 1 aromatic carbocycles. The number of aryl methyl sites for hydroxylation is 1. The zero-order chi connectivity index (χ0) is 14.2. The summed E-state index contributed by atoms with van der Waals surface area (Å²) >= 11 is 0. The fraction of sp³-hybridized carbons (Fsp3) is 0.286. The van der Waals surface area contributed by atoms with Crippen LogP contribution in [-0.2, 0) is 0 Å². The molecule has 19 heavy (non-hydrogen) atoms. The number of carbonyl (C=O) groups is 1. The molecule has 0 spiro atoms. The van der Waals surface area contributed by atoms with Gasteiger partial charge in [-0.1, -0.05) is 0 Å². The lowest BCUT2D eigenvalue weighted by Gasteiger charge is -2.07. The van der Waals surface area contributed by atoms with E-state index in [1.165, 1.54) is 0 Å². The van der Waals surface area contributed by atoms with E-state index >= 15 is 0 Å². The van der Waals surface area contributed by atoms with E-state index in [4.69, 9.17) is 5.11 Å². The molecule has 0 saturated carbocycles. The van der Waals surface area contributed by atoms with Crippen molar-refractivity contribution in [2.45, 2.75) is 26.8 Å². The molecule has 0 radical (unpaired) electrons. The Hall–Kier alpha value is -2.17. The predicted octanol–water partition coefficient (Wildman–Crippen LogP) is 3.28. The molecule has 1 aromatic heterocycles. The molecule has 0 amide bonds. The van der Waals surface area contributed by atoms with Gasteiger partial charge in [0.05, 0.1) is 11.8 Å². The molecule has 0 atom stereocenters. The number of hydrogen-bond donors (Lipinski definition) is 1. The van der Waals surface area contributed by atoms with E-state index in [0.29, 0.717) is 16.7 Å². The molecule has 5 heteroatoms. The van der Waals surface area contributed by atoms with E-state index in [9.17, 15) is 9.18 Å². The van der Waals surface area contributed by atoms with E-state index in [2.05, 4.69) is 5.10 Å². The Balaban J connectivity index is 2.59. The van der Waals surface area contributed by atoms with E-state index in [1.807, 2.05) is 13.8 Å². The number of benzene rings is 1. The molecule has 1 N–H and O–H groups in total. The normalized spacial score (nSPS) is 11.0. The molecule has 0 fully saturated rings. The second kappa shape index (κ2) is 4.84. The second-order valence-corrected chi connectivity index (χ2v) is 4.75. The van der Waals surface area contributed by atoms with Gasteiger partial charge in [-0.25, -0.2) is 9.18 Å².